The number of ether oxygens (including phenoxy) is 1. The molecule has 0 saturated carbocycles. The molecule has 2 rings (SSSR count). The summed E-state index contributed by atoms with van der Waals surface area (Å²) < 4.78 is 5.52. The van der Waals surface area contributed by atoms with E-state index in [4.69, 9.17) is 10.00 Å². The molecule has 0 atom stereocenters. The predicted molar refractivity (Wildman–Crippen MR) is 79.0 cm³/mol. The zero-order valence-electron chi connectivity index (χ0n) is 10.8. The fraction of sp³-hybridized carbons (Fsp3) is 0.143. The molecule has 21 heavy (non-hydrogen) atoms. The van der Waals surface area contributed by atoms with Gasteiger partial charge in [0.05, 0.1) is 4.92 Å². The van der Waals surface area contributed by atoms with Gasteiger partial charge in [0, 0.05) is 23.2 Å². The van der Waals surface area contributed by atoms with Gasteiger partial charge in [-0.05, 0) is 17.7 Å². The van der Waals surface area contributed by atoms with Crippen molar-refractivity contribution in [3.05, 3.63) is 63.5 Å². The van der Waals surface area contributed by atoms with E-state index in [2.05, 4.69) is 20.9 Å². The molecule has 1 aromatic heterocycles. The van der Waals surface area contributed by atoms with Gasteiger partial charge >= 0.3 is 5.69 Å². The van der Waals surface area contributed by atoms with Crippen molar-refractivity contribution in [2.75, 3.05) is 0 Å². The Hall–Kier alpha value is -2.46. The number of nitro benzene ring substituents is 1. The smallest absolute Gasteiger partial charge is 0.310 e. The molecule has 0 radical (unpaired) electrons. The van der Waals surface area contributed by atoms with Crippen LogP contribution in [0.4, 0.5) is 5.69 Å². The lowest BCUT2D eigenvalue weighted by atomic mass is 10.2. The molecule has 1 heterocycles. The van der Waals surface area contributed by atoms with E-state index in [-0.39, 0.29) is 23.7 Å². The van der Waals surface area contributed by atoms with Crippen LogP contribution >= 0.6 is 15.9 Å². The molecule has 1 aromatic carbocycles. The average molecular weight is 348 g/mol. The highest BCUT2D eigenvalue weighted by Crippen LogP contribution is 2.29. The number of hydrogen-bond donors (Lipinski definition) is 0. The molecule has 0 fully saturated rings. The third-order valence-corrected chi connectivity index (χ3v) is 3.40. The Morgan fingerprint density at radius 1 is 1.43 bits per heavy atom. The van der Waals surface area contributed by atoms with Crippen LogP contribution < -0.4 is 4.74 Å². The number of pyridine rings is 1. The molecule has 0 amide bonds. The highest BCUT2D eigenvalue weighted by atomic mass is 79.9. The number of halogens is 1. The maximum absolute atomic E-state index is 11.0. The molecule has 6 nitrogen and oxygen atoms in total. The normalized spacial score (nSPS) is 9.90. The molecular weight excluding hydrogens is 338 g/mol. The Kier molecular flexibility index (Phi) is 4.85. The molecule has 0 N–H and O–H groups in total. The Balaban J connectivity index is 2.27. The second kappa shape index (κ2) is 6.81. The van der Waals surface area contributed by atoms with Crippen LogP contribution in [0, 0.1) is 21.4 Å². The summed E-state index contributed by atoms with van der Waals surface area (Å²) in [5.41, 5.74) is 1.58. The van der Waals surface area contributed by atoms with Crippen molar-refractivity contribution in [2.24, 2.45) is 0 Å². The van der Waals surface area contributed by atoms with Crippen LogP contribution in [0.2, 0.25) is 0 Å². The van der Waals surface area contributed by atoms with E-state index >= 15 is 0 Å². The van der Waals surface area contributed by atoms with Gasteiger partial charge in [-0.2, -0.15) is 5.26 Å². The van der Waals surface area contributed by atoms with Crippen LogP contribution in [-0.4, -0.2) is 9.91 Å². The zero-order chi connectivity index (χ0) is 15.2. The van der Waals surface area contributed by atoms with Crippen LogP contribution in [0.15, 0.2) is 36.5 Å². The lowest BCUT2D eigenvalue weighted by molar-refractivity contribution is -0.386. The quantitative estimate of drug-likeness (QED) is 0.470. The van der Waals surface area contributed by atoms with Gasteiger partial charge in [-0.15, -0.1) is 0 Å². The summed E-state index contributed by atoms with van der Waals surface area (Å²) in [4.78, 5) is 14.4. The summed E-state index contributed by atoms with van der Waals surface area (Å²) in [5, 5.41) is 20.5. The molecule has 0 aliphatic carbocycles. The highest BCUT2D eigenvalue weighted by Gasteiger charge is 2.16. The minimum atomic E-state index is -0.498. The van der Waals surface area contributed by atoms with Gasteiger partial charge in [-0.1, -0.05) is 28.1 Å². The van der Waals surface area contributed by atoms with Crippen molar-refractivity contribution in [3.8, 4) is 11.8 Å². The first-order valence-corrected chi connectivity index (χ1v) is 7.08. The number of alkyl halides is 1. The van der Waals surface area contributed by atoms with E-state index in [1.165, 1.54) is 12.3 Å². The molecule has 106 valence electrons. The number of nitriles is 1. The van der Waals surface area contributed by atoms with E-state index in [1.54, 1.807) is 24.3 Å². The first-order chi connectivity index (χ1) is 10.2. The predicted octanol–water partition coefficient (Wildman–Crippen LogP) is 3.34. The molecule has 0 bridgehead atoms. The fourth-order valence-corrected chi connectivity index (χ4v) is 2.07. The number of nitrogens with zero attached hydrogens (tertiary/aromatic N) is 3. The third kappa shape index (κ3) is 3.55. The minimum absolute atomic E-state index is 0.0450. The first kappa shape index (κ1) is 14.9. The average Bonchev–Trinajstić information content (AvgIpc) is 2.52. The fourth-order valence-electron chi connectivity index (χ4n) is 1.72. The van der Waals surface area contributed by atoms with E-state index in [1.807, 2.05) is 6.07 Å². The largest absolute Gasteiger partial charge is 0.482 e. The van der Waals surface area contributed by atoms with Gasteiger partial charge in [0.15, 0.2) is 5.75 Å². The van der Waals surface area contributed by atoms with Crippen molar-refractivity contribution in [2.45, 2.75) is 11.9 Å². The summed E-state index contributed by atoms with van der Waals surface area (Å²) >= 11 is 3.29. The second-order valence-corrected chi connectivity index (χ2v) is 4.67. The van der Waals surface area contributed by atoms with E-state index in [0.717, 1.165) is 5.56 Å². The number of nitro groups is 1. The lowest BCUT2D eigenvalue weighted by Crippen LogP contribution is -2.02. The summed E-state index contributed by atoms with van der Waals surface area (Å²) in [5.74, 6) is 0.171. The van der Waals surface area contributed by atoms with Gasteiger partial charge < -0.3 is 4.74 Å². The molecule has 2 aromatic rings. The minimum Gasteiger partial charge on any atom is -0.482 e. The van der Waals surface area contributed by atoms with Crippen molar-refractivity contribution >= 4 is 21.6 Å². The second-order valence-electron chi connectivity index (χ2n) is 4.10. The molecule has 0 unspecified atom stereocenters. The van der Waals surface area contributed by atoms with Gasteiger partial charge in [0.25, 0.3) is 0 Å². The number of hydrogen-bond acceptors (Lipinski definition) is 5. The van der Waals surface area contributed by atoms with Gasteiger partial charge in [-0.25, -0.2) is 4.98 Å². The van der Waals surface area contributed by atoms with Gasteiger partial charge in [0.1, 0.15) is 18.4 Å². The topological polar surface area (TPSA) is 89.0 Å². The Bertz CT molecular complexity index is 713. The molecule has 7 heteroatoms. The summed E-state index contributed by atoms with van der Waals surface area (Å²) in [7, 11) is 0. The van der Waals surface area contributed by atoms with Crippen molar-refractivity contribution in [3.63, 3.8) is 0 Å². The molecule has 0 spiro atoms. The Morgan fingerprint density at radius 3 is 2.90 bits per heavy atom. The maximum Gasteiger partial charge on any atom is 0.310 e. The standard InChI is InChI=1S/C14H10BrN3O3/c15-7-10-3-4-13(18(19)20)14(6-10)21-9-11-2-1-5-17-12(11)8-16/h1-6H,7,9H2. The molecule has 0 aliphatic heterocycles. The SMILES string of the molecule is N#Cc1ncccc1COc1cc(CBr)ccc1[N+](=O)[O-]. The van der Waals surface area contributed by atoms with Gasteiger partial charge in [-0.3, -0.25) is 10.1 Å². The third-order valence-electron chi connectivity index (χ3n) is 2.76. The van der Waals surface area contributed by atoms with Crippen LogP contribution in [0.1, 0.15) is 16.8 Å². The number of aromatic nitrogens is 1. The van der Waals surface area contributed by atoms with Crippen molar-refractivity contribution < 1.29 is 9.66 Å². The lowest BCUT2D eigenvalue weighted by Gasteiger charge is -2.08. The monoisotopic (exact) mass is 347 g/mol. The van der Waals surface area contributed by atoms with E-state index < -0.39 is 4.92 Å². The summed E-state index contributed by atoms with van der Waals surface area (Å²) in [6.07, 6.45) is 1.51. The highest BCUT2D eigenvalue weighted by molar-refractivity contribution is 9.08. The van der Waals surface area contributed by atoms with Crippen molar-refractivity contribution in [1.82, 2.24) is 4.98 Å². The van der Waals surface area contributed by atoms with Crippen LogP contribution in [-0.2, 0) is 11.9 Å². The molecule has 0 aliphatic rings. The summed E-state index contributed by atoms with van der Waals surface area (Å²) in [6, 6.07) is 10.0. The van der Waals surface area contributed by atoms with E-state index in [0.29, 0.717) is 10.9 Å². The molecule has 0 saturated heterocycles. The first-order valence-electron chi connectivity index (χ1n) is 5.95. The van der Waals surface area contributed by atoms with E-state index in [9.17, 15) is 10.1 Å². The Morgan fingerprint density at radius 2 is 2.24 bits per heavy atom. The van der Waals surface area contributed by atoms with Crippen molar-refractivity contribution in [1.29, 1.82) is 5.26 Å². The van der Waals surface area contributed by atoms with Crippen LogP contribution in [0.5, 0.6) is 5.75 Å². The zero-order valence-corrected chi connectivity index (χ0v) is 12.4. The van der Waals surface area contributed by atoms with Crippen LogP contribution in [0.25, 0.3) is 0 Å². The molecular formula is C14H10BrN3O3. The van der Waals surface area contributed by atoms with Crippen LogP contribution in [0.3, 0.4) is 0 Å². The maximum atomic E-state index is 11.0. The number of benzene rings is 1. The van der Waals surface area contributed by atoms with Gasteiger partial charge in [0.2, 0.25) is 0 Å². The summed E-state index contributed by atoms with van der Waals surface area (Å²) in [6.45, 7) is 0.0450. The number of rotatable bonds is 5. The Labute approximate surface area is 129 Å².